The van der Waals surface area contributed by atoms with Gasteiger partial charge in [0.25, 0.3) is 6.43 Å². The second-order valence-corrected chi connectivity index (χ2v) is 3.08. The molecule has 2 N–H and O–H groups in total. The van der Waals surface area contributed by atoms with E-state index in [-0.39, 0.29) is 11.8 Å². The van der Waals surface area contributed by atoms with Gasteiger partial charge in [0, 0.05) is 18.3 Å². The number of ether oxygens (including phenoxy) is 1. The van der Waals surface area contributed by atoms with E-state index < -0.39 is 36.3 Å². The van der Waals surface area contributed by atoms with E-state index in [4.69, 9.17) is 5.73 Å². The Bertz CT molecular complexity index is 447. The molecule has 1 rings (SSSR count). The zero-order valence-electron chi connectivity index (χ0n) is 8.67. The van der Waals surface area contributed by atoms with Gasteiger partial charge in [-0.15, -0.1) is 13.2 Å². The topological polar surface area (TPSA) is 65.2 Å². The molecule has 0 unspecified atom stereocenters. The molecule has 0 saturated heterocycles. The Morgan fingerprint density at radius 1 is 1.44 bits per heavy atom. The van der Waals surface area contributed by atoms with E-state index in [1.807, 2.05) is 0 Å². The predicted molar refractivity (Wildman–Crippen MR) is 49.2 cm³/mol. The Morgan fingerprint density at radius 2 is 2.06 bits per heavy atom. The fraction of sp³-hybridized carbons (Fsp3) is 0.333. The SMILES string of the molecule is NCc1c(C=O)cnc(OC(F)(F)F)c1C(F)F. The highest BCUT2D eigenvalue weighted by Gasteiger charge is 2.35. The minimum absolute atomic E-state index is 0.179. The lowest BCUT2D eigenvalue weighted by molar-refractivity contribution is -0.276. The van der Waals surface area contributed by atoms with Crippen LogP contribution < -0.4 is 10.5 Å². The van der Waals surface area contributed by atoms with Crippen molar-refractivity contribution in [1.82, 2.24) is 4.98 Å². The zero-order chi connectivity index (χ0) is 13.9. The van der Waals surface area contributed by atoms with Gasteiger partial charge in [0.15, 0.2) is 6.29 Å². The van der Waals surface area contributed by atoms with Crippen molar-refractivity contribution in [3.05, 3.63) is 22.9 Å². The third-order valence-corrected chi connectivity index (χ3v) is 1.99. The van der Waals surface area contributed by atoms with E-state index in [1.54, 1.807) is 0 Å². The summed E-state index contributed by atoms with van der Waals surface area (Å²) in [6.45, 7) is -0.537. The van der Waals surface area contributed by atoms with Crippen LogP contribution in [-0.2, 0) is 6.54 Å². The lowest BCUT2D eigenvalue weighted by atomic mass is 10.1. The monoisotopic (exact) mass is 270 g/mol. The highest BCUT2D eigenvalue weighted by molar-refractivity contribution is 5.78. The Labute approximate surface area is 97.6 Å². The van der Waals surface area contributed by atoms with Crippen molar-refractivity contribution in [2.24, 2.45) is 5.73 Å². The summed E-state index contributed by atoms with van der Waals surface area (Å²) in [7, 11) is 0. The molecule has 0 radical (unpaired) electrons. The molecule has 0 aliphatic heterocycles. The number of nitrogens with two attached hydrogens (primary N) is 1. The average molecular weight is 270 g/mol. The maximum absolute atomic E-state index is 12.7. The summed E-state index contributed by atoms with van der Waals surface area (Å²) >= 11 is 0. The molecule has 18 heavy (non-hydrogen) atoms. The highest BCUT2D eigenvalue weighted by atomic mass is 19.4. The van der Waals surface area contributed by atoms with Crippen LogP contribution in [0.3, 0.4) is 0 Å². The Balaban J connectivity index is 3.39. The lowest BCUT2D eigenvalue weighted by Gasteiger charge is -2.15. The normalized spacial score (nSPS) is 11.7. The average Bonchev–Trinajstić information content (AvgIpc) is 2.25. The van der Waals surface area contributed by atoms with Crippen molar-refractivity contribution < 1.29 is 31.5 Å². The van der Waals surface area contributed by atoms with Crippen LogP contribution >= 0.6 is 0 Å². The van der Waals surface area contributed by atoms with E-state index in [0.29, 0.717) is 6.20 Å². The summed E-state index contributed by atoms with van der Waals surface area (Å²) in [5, 5.41) is 0. The van der Waals surface area contributed by atoms with Gasteiger partial charge < -0.3 is 10.5 Å². The standard InChI is InChI=1S/C9H7F5N2O2/c10-7(11)6-5(1-15)4(3-17)2-16-8(6)18-9(12,13)14/h2-3,7H,1,15H2. The van der Waals surface area contributed by atoms with Gasteiger partial charge in [-0.25, -0.2) is 13.8 Å². The van der Waals surface area contributed by atoms with Gasteiger partial charge >= 0.3 is 6.36 Å². The van der Waals surface area contributed by atoms with Crippen molar-refractivity contribution in [3.8, 4) is 5.88 Å². The van der Waals surface area contributed by atoms with Crippen molar-refractivity contribution in [2.75, 3.05) is 0 Å². The fourth-order valence-corrected chi connectivity index (χ4v) is 1.31. The quantitative estimate of drug-likeness (QED) is 0.672. The maximum Gasteiger partial charge on any atom is 0.574 e. The Hall–Kier alpha value is -1.77. The number of carbonyl (C=O) groups excluding carboxylic acids is 1. The van der Waals surface area contributed by atoms with Crippen molar-refractivity contribution in [2.45, 2.75) is 19.3 Å². The van der Waals surface area contributed by atoms with E-state index in [9.17, 15) is 26.7 Å². The number of carbonyl (C=O) groups is 1. The van der Waals surface area contributed by atoms with Gasteiger partial charge in [-0.2, -0.15) is 0 Å². The van der Waals surface area contributed by atoms with Gasteiger partial charge in [-0.3, -0.25) is 4.79 Å². The van der Waals surface area contributed by atoms with E-state index in [2.05, 4.69) is 9.72 Å². The number of aromatic nitrogens is 1. The molecule has 1 aromatic heterocycles. The largest absolute Gasteiger partial charge is 0.574 e. The van der Waals surface area contributed by atoms with Crippen LogP contribution in [0, 0.1) is 0 Å². The van der Waals surface area contributed by atoms with Crippen LogP contribution in [0.15, 0.2) is 6.20 Å². The first-order valence-corrected chi connectivity index (χ1v) is 4.51. The van der Waals surface area contributed by atoms with Gasteiger partial charge in [0.2, 0.25) is 5.88 Å². The molecule has 100 valence electrons. The maximum atomic E-state index is 12.7. The molecule has 0 amide bonds. The smallest absolute Gasteiger partial charge is 0.387 e. The molecule has 1 heterocycles. The summed E-state index contributed by atoms with van der Waals surface area (Å²) in [5.74, 6) is -1.30. The molecule has 4 nitrogen and oxygen atoms in total. The molecule has 0 spiro atoms. The van der Waals surface area contributed by atoms with Crippen molar-refractivity contribution in [1.29, 1.82) is 0 Å². The van der Waals surface area contributed by atoms with Gasteiger partial charge in [0.1, 0.15) is 0 Å². The van der Waals surface area contributed by atoms with E-state index >= 15 is 0 Å². The van der Waals surface area contributed by atoms with Gasteiger partial charge in [-0.05, 0) is 5.56 Å². The molecular formula is C9H7F5N2O2. The lowest BCUT2D eigenvalue weighted by Crippen LogP contribution is -2.20. The third kappa shape index (κ3) is 3.13. The Morgan fingerprint density at radius 3 is 2.44 bits per heavy atom. The molecular weight excluding hydrogens is 263 g/mol. The minimum Gasteiger partial charge on any atom is -0.387 e. The van der Waals surface area contributed by atoms with Crippen LogP contribution in [0.1, 0.15) is 27.9 Å². The number of rotatable bonds is 4. The van der Waals surface area contributed by atoms with Crippen molar-refractivity contribution in [3.63, 3.8) is 0 Å². The number of alkyl halides is 5. The zero-order valence-corrected chi connectivity index (χ0v) is 8.67. The molecule has 0 aliphatic rings. The molecule has 0 atom stereocenters. The Kier molecular flexibility index (Phi) is 4.17. The van der Waals surface area contributed by atoms with Crippen LogP contribution in [0.25, 0.3) is 0 Å². The van der Waals surface area contributed by atoms with Gasteiger partial charge in [0.05, 0.1) is 5.56 Å². The summed E-state index contributed by atoms with van der Waals surface area (Å²) in [4.78, 5) is 13.6. The molecule has 9 heteroatoms. The van der Waals surface area contributed by atoms with Crippen LogP contribution in [0.4, 0.5) is 22.0 Å². The fourth-order valence-electron chi connectivity index (χ4n) is 1.31. The summed E-state index contributed by atoms with van der Waals surface area (Å²) in [5.41, 5.74) is 3.29. The van der Waals surface area contributed by atoms with Crippen LogP contribution in [0.2, 0.25) is 0 Å². The number of nitrogens with zero attached hydrogens (tertiary/aromatic N) is 1. The predicted octanol–water partition coefficient (Wildman–Crippen LogP) is 2.19. The number of hydrogen-bond acceptors (Lipinski definition) is 4. The second kappa shape index (κ2) is 5.25. The third-order valence-electron chi connectivity index (χ3n) is 1.99. The highest BCUT2D eigenvalue weighted by Crippen LogP contribution is 2.34. The number of hydrogen-bond donors (Lipinski definition) is 1. The van der Waals surface area contributed by atoms with Gasteiger partial charge in [-0.1, -0.05) is 0 Å². The molecule has 0 aliphatic carbocycles. The molecule has 0 aromatic carbocycles. The summed E-state index contributed by atoms with van der Waals surface area (Å²) in [6, 6.07) is 0. The second-order valence-electron chi connectivity index (χ2n) is 3.08. The minimum atomic E-state index is -5.16. The molecule has 1 aromatic rings. The van der Waals surface area contributed by atoms with Crippen LogP contribution in [0.5, 0.6) is 5.88 Å². The van der Waals surface area contributed by atoms with Crippen LogP contribution in [-0.4, -0.2) is 17.6 Å². The number of halogens is 5. The molecule has 0 fully saturated rings. The number of pyridine rings is 1. The summed E-state index contributed by atoms with van der Waals surface area (Å²) < 4.78 is 64.8. The molecule has 0 bridgehead atoms. The summed E-state index contributed by atoms with van der Waals surface area (Å²) in [6.07, 6.45) is -7.58. The first-order valence-electron chi connectivity index (χ1n) is 4.51. The van der Waals surface area contributed by atoms with Crippen molar-refractivity contribution >= 4 is 6.29 Å². The molecule has 0 saturated carbocycles. The first-order chi connectivity index (χ1) is 8.30. The number of aldehydes is 1. The van der Waals surface area contributed by atoms with E-state index in [1.165, 1.54) is 0 Å². The van der Waals surface area contributed by atoms with E-state index in [0.717, 1.165) is 0 Å². The first kappa shape index (κ1) is 14.3.